The fourth-order valence-corrected chi connectivity index (χ4v) is 2.45. The van der Waals surface area contributed by atoms with E-state index >= 15 is 0 Å². The van der Waals surface area contributed by atoms with Crippen LogP contribution in [0.4, 0.5) is 0 Å². The molecule has 7 heteroatoms. The van der Waals surface area contributed by atoms with Gasteiger partial charge in [-0.2, -0.15) is 5.10 Å². The van der Waals surface area contributed by atoms with Gasteiger partial charge in [-0.05, 0) is 36.1 Å². The molecule has 0 aromatic heterocycles. The lowest BCUT2D eigenvalue weighted by atomic mass is 10.1. The fraction of sp³-hybridized carbons (Fsp3) is 0.438. The molecule has 0 atom stereocenters. The van der Waals surface area contributed by atoms with Crippen molar-refractivity contribution in [2.75, 3.05) is 19.5 Å². The third-order valence-corrected chi connectivity index (χ3v) is 3.95. The van der Waals surface area contributed by atoms with Crippen molar-refractivity contribution < 1.29 is 14.3 Å². The second-order valence-corrected chi connectivity index (χ2v) is 6.39. The van der Waals surface area contributed by atoms with Gasteiger partial charge in [0.15, 0.2) is 16.7 Å². The topological polar surface area (TPSA) is 72.3 Å². The summed E-state index contributed by atoms with van der Waals surface area (Å²) in [6.07, 6.45) is 2.60. The highest BCUT2D eigenvalue weighted by Crippen LogP contribution is 2.28. The van der Waals surface area contributed by atoms with Gasteiger partial charge in [0.1, 0.15) is 0 Å². The van der Waals surface area contributed by atoms with Gasteiger partial charge in [0.25, 0.3) is 0 Å². The first-order chi connectivity index (χ1) is 11.1. The molecular formula is C16H21N3O3S. The first-order valence-corrected chi connectivity index (χ1v) is 8.41. The van der Waals surface area contributed by atoms with Gasteiger partial charge >= 0.3 is 0 Å². The van der Waals surface area contributed by atoms with Crippen LogP contribution < -0.4 is 14.8 Å². The first kappa shape index (κ1) is 17.3. The zero-order valence-corrected chi connectivity index (χ0v) is 14.4. The van der Waals surface area contributed by atoms with Gasteiger partial charge in [0.05, 0.1) is 25.7 Å². The molecule has 1 saturated heterocycles. The number of hydrogen-bond donors (Lipinski definition) is 1. The van der Waals surface area contributed by atoms with Gasteiger partial charge < -0.3 is 14.8 Å². The normalized spacial score (nSPS) is 16.3. The minimum absolute atomic E-state index is 0.0470. The highest BCUT2D eigenvalue weighted by molar-refractivity contribution is 8.15. The second kappa shape index (κ2) is 8.57. The van der Waals surface area contributed by atoms with E-state index in [9.17, 15) is 4.79 Å². The average molecular weight is 335 g/mol. The summed E-state index contributed by atoms with van der Waals surface area (Å²) >= 11 is 1.34. The molecule has 1 aromatic carbocycles. The summed E-state index contributed by atoms with van der Waals surface area (Å²) < 4.78 is 11.1. The molecule has 0 unspecified atom stereocenters. The van der Waals surface area contributed by atoms with Crippen LogP contribution in [0.2, 0.25) is 0 Å². The molecule has 1 N–H and O–H groups in total. The quantitative estimate of drug-likeness (QED) is 0.614. The van der Waals surface area contributed by atoms with Crippen molar-refractivity contribution in [2.45, 2.75) is 20.3 Å². The molecular weight excluding hydrogens is 314 g/mol. The van der Waals surface area contributed by atoms with Crippen LogP contribution in [0, 0.1) is 5.92 Å². The van der Waals surface area contributed by atoms with Crippen molar-refractivity contribution in [3.05, 3.63) is 23.8 Å². The molecule has 1 amide bonds. The number of hydrogen-bond acceptors (Lipinski definition) is 6. The minimum Gasteiger partial charge on any atom is -0.493 e. The summed E-state index contributed by atoms with van der Waals surface area (Å²) in [4.78, 5) is 11.1. The molecule has 0 bridgehead atoms. The van der Waals surface area contributed by atoms with Crippen molar-refractivity contribution in [1.29, 1.82) is 0 Å². The van der Waals surface area contributed by atoms with Crippen LogP contribution in [0.15, 0.2) is 28.4 Å². The lowest BCUT2D eigenvalue weighted by Crippen LogP contribution is -2.19. The third kappa shape index (κ3) is 5.59. The number of amidine groups is 1. The number of nitrogens with zero attached hydrogens (tertiary/aromatic N) is 2. The molecule has 1 aliphatic heterocycles. The highest BCUT2D eigenvalue weighted by Gasteiger charge is 2.15. The van der Waals surface area contributed by atoms with E-state index in [0.29, 0.717) is 34.9 Å². The Kier molecular flexibility index (Phi) is 6.46. The summed E-state index contributed by atoms with van der Waals surface area (Å²) in [5, 5.41) is 11.1. The third-order valence-electron chi connectivity index (χ3n) is 3.08. The highest BCUT2D eigenvalue weighted by atomic mass is 32.2. The zero-order valence-electron chi connectivity index (χ0n) is 13.5. The van der Waals surface area contributed by atoms with Gasteiger partial charge in [0, 0.05) is 0 Å². The van der Waals surface area contributed by atoms with Crippen molar-refractivity contribution >= 4 is 29.1 Å². The number of nitrogens with one attached hydrogen (secondary N) is 1. The molecule has 2 rings (SSSR count). The molecule has 1 aromatic rings. The Labute approximate surface area is 140 Å². The number of methoxy groups -OCH3 is 1. The van der Waals surface area contributed by atoms with Gasteiger partial charge in [-0.25, -0.2) is 0 Å². The van der Waals surface area contributed by atoms with E-state index in [0.717, 1.165) is 12.0 Å². The number of benzene rings is 1. The van der Waals surface area contributed by atoms with Gasteiger partial charge in [-0.1, -0.05) is 25.6 Å². The van der Waals surface area contributed by atoms with Crippen LogP contribution in [0.5, 0.6) is 11.5 Å². The Hall–Kier alpha value is -2.02. The number of rotatable bonds is 7. The fourth-order valence-electron chi connectivity index (χ4n) is 1.82. The summed E-state index contributed by atoms with van der Waals surface area (Å²) in [5.74, 6) is 2.31. The van der Waals surface area contributed by atoms with E-state index in [-0.39, 0.29) is 5.91 Å². The maximum absolute atomic E-state index is 11.1. The van der Waals surface area contributed by atoms with Crippen LogP contribution >= 0.6 is 11.8 Å². The summed E-state index contributed by atoms with van der Waals surface area (Å²) in [7, 11) is 1.62. The molecule has 0 saturated carbocycles. The molecule has 0 spiro atoms. The molecule has 6 nitrogen and oxygen atoms in total. The number of carbonyl (C=O) groups excluding carboxylic acids is 1. The Balaban J connectivity index is 2.02. The number of amides is 1. The SMILES string of the molecule is COc1ccc(C=NN=C2NC(=O)CS2)cc1OCCC(C)C. The van der Waals surface area contributed by atoms with E-state index in [2.05, 4.69) is 29.4 Å². The smallest absolute Gasteiger partial charge is 0.236 e. The van der Waals surface area contributed by atoms with Crippen LogP contribution in [0.1, 0.15) is 25.8 Å². The van der Waals surface area contributed by atoms with E-state index in [1.165, 1.54) is 11.8 Å². The molecule has 1 aliphatic rings. The van der Waals surface area contributed by atoms with Crippen LogP contribution in [-0.4, -0.2) is 36.8 Å². The van der Waals surface area contributed by atoms with Crippen molar-refractivity contribution in [1.82, 2.24) is 5.32 Å². The van der Waals surface area contributed by atoms with E-state index < -0.39 is 0 Å². The zero-order chi connectivity index (χ0) is 16.7. The summed E-state index contributed by atoms with van der Waals surface area (Å²) in [6.45, 7) is 4.95. The second-order valence-electron chi connectivity index (χ2n) is 5.43. The summed E-state index contributed by atoms with van der Waals surface area (Å²) in [5.41, 5.74) is 0.851. The van der Waals surface area contributed by atoms with Crippen LogP contribution in [-0.2, 0) is 4.79 Å². The molecule has 1 heterocycles. The average Bonchev–Trinajstić information content (AvgIpc) is 2.93. The van der Waals surface area contributed by atoms with Crippen LogP contribution in [0.3, 0.4) is 0 Å². The predicted molar refractivity (Wildman–Crippen MR) is 93.6 cm³/mol. The number of carbonyl (C=O) groups is 1. The molecule has 23 heavy (non-hydrogen) atoms. The minimum atomic E-state index is -0.0470. The van der Waals surface area contributed by atoms with E-state index in [1.54, 1.807) is 13.3 Å². The maximum Gasteiger partial charge on any atom is 0.236 e. The molecule has 124 valence electrons. The van der Waals surface area contributed by atoms with Gasteiger partial charge in [0.2, 0.25) is 5.91 Å². The number of ether oxygens (including phenoxy) is 2. The lowest BCUT2D eigenvalue weighted by molar-refractivity contribution is -0.116. The monoisotopic (exact) mass is 335 g/mol. The standard InChI is InChI=1S/C16H21N3O3S/c1-11(2)6-7-22-14-8-12(4-5-13(14)21-3)9-17-19-16-18-15(20)10-23-16/h4-5,8-9,11H,6-7,10H2,1-3H3,(H,18,19,20). The maximum atomic E-state index is 11.1. The van der Waals surface area contributed by atoms with E-state index in [1.807, 2.05) is 18.2 Å². The Morgan fingerprint density at radius 3 is 2.87 bits per heavy atom. The number of thioether (sulfide) groups is 1. The van der Waals surface area contributed by atoms with Crippen molar-refractivity contribution in [3.8, 4) is 11.5 Å². The summed E-state index contributed by atoms with van der Waals surface area (Å²) in [6, 6.07) is 5.58. The first-order valence-electron chi connectivity index (χ1n) is 7.43. The lowest BCUT2D eigenvalue weighted by Gasteiger charge is -2.12. The molecule has 0 aliphatic carbocycles. The Morgan fingerprint density at radius 2 is 2.22 bits per heavy atom. The largest absolute Gasteiger partial charge is 0.493 e. The predicted octanol–water partition coefficient (Wildman–Crippen LogP) is 2.67. The van der Waals surface area contributed by atoms with Crippen molar-refractivity contribution in [2.24, 2.45) is 16.1 Å². The molecule has 0 radical (unpaired) electrons. The van der Waals surface area contributed by atoms with Gasteiger partial charge in [-0.15, -0.1) is 5.10 Å². The van der Waals surface area contributed by atoms with Crippen molar-refractivity contribution in [3.63, 3.8) is 0 Å². The molecule has 1 fully saturated rings. The van der Waals surface area contributed by atoms with Gasteiger partial charge in [-0.3, -0.25) is 4.79 Å². The Bertz CT molecular complexity index is 615. The van der Waals surface area contributed by atoms with E-state index in [4.69, 9.17) is 9.47 Å². The van der Waals surface area contributed by atoms with Crippen LogP contribution in [0.25, 0.3) is 0 Å². The Morgan fingerprint density at radius 1 is 1.39 bits per heavy atom.